The van der Waals surface area contributed by atoms with Crippen LogP contribution in [0, 0.1) is 16.0 Å². The number of nitro benzene ring substituents is 1. The summed E-state index contributed by atoms with van der Waals surface area (Å²) in [4.78, 5) is 11.5. The van der Waals surface area contributed by atoms with Crippen molar-refractivity contribution in [3.63, 3.8) is 0 Å². The van der Waals surface area contributed by atoms with Crippen molar-refractivity contribution in [3.05, 3.63) is 33.9 Å². The summed E-state index contributed by atoms with van der Waals surface area (Å²) in [5.41, 5.74) is -0.367. The normalized spacial score (nSPS) is 15.9. The lowest BCUT2D eigenvalue weighted by Gasteiger charge is -2.41. The average molecular weight is 258 g/mol. The summed E-state index contributed by atoms with van der Waals surface area (Å²) in [6.07, 6.45) is -2.76. The molecule has 0 unspecified atom stereocenters. The van der Waals surface area contributed by atoms with E-state index in [2.05, 4.69) is 0 Å². The van der Waals surface area contributed by atoms with Gasteiger partial charge in [-0.25, -0.2) is 8.78 Å². The number of alkyl halides is 2. The quantitative estimate of drug-likeness (QED) is 0.662. The third kappa shape index (κ3) is 2.26. The summed E-state index contributed by atoms with van der Waals surface area (Å²) in [5, 5.41) is 19.4. The van der Waals surface area contributed by atoms with E-state index in [-0.39, 0.29) is 23.8 Å². The molecule has 7 heteroatoms. The first-order chi connectivity index (χ1) is 8.52. The number of aliphatic hydroxyl groups is 1. The molecule has 0 spiro atoms. The molecule has 1 fully saturated rings. The Morgan fingerprint density at radius 3 is 2.67 bits per heavy atom. The standard InChI is InChI=1S/C11H12F2N2O3/c12-11(13)9-3-8(15(17)18)1-2-10(9)14-4-7(5-14)6-16/h1-3,7,11,16H,4-6H2. The summed E-state index contributed by atoms with van der Waals surface area (Å²) in [6.45, 7) is 1.01. The molecule has 98 valence electrons. The van der Waals surface area contributed by atoms with Crippen molar-refractivity contribution in [1.29, 1.82) is 0 Å². The van der Waals surface area contributed by atoms with E-state index in [1.54, 1.807) is 4.90 Å². The van der Waals surface area contributed by atoms with Crippen LogP contribution in [0.3, 0.4) is 0 Å². The van der Waals surface area contributed by atoms with Crippen molar-refractivity contribution < 1.29 is 18.8 Å². The Labute approximate surface area is 102 Å². The predicted octanol–water partition coefficient (Wildman–Crippen LogP) is 1.96. The third-order valence-corrected chi connectivity index (χ3v) is 3.01. The molecule has 1 aliphatic heterocycles. The zero-order valence-corrected chi connectivity index (χ0v) is 9.42. The van der Waals surface area contributed by atoms with Gasteiger partial charge in [0.1, 0.15) is 0 Å². The fraction of sp³-hybridized carbons (Fsp3) is 0.455. The minimum Gasteiger partial charge on any atom is -0.396 e. The summed E-state index contributed by atoms with van der Waals surface area (Å²) in [7, 11) is 0. The molecule has 18 heavy (non-hydrogen) atoms. The Morgan fingerprint density at radius 1 is 1.50 bits per heavy atom. The maximum Gasteiger partial charge on any atom is 0.270 e. The molecule has 1 saturated heterocycles. The zero-order chi connectivity index (χ0) is 13.3. The largest absolute Gasteiger partial charge is 0.396 e. The van der Waals surface area contributed by atoms with E-state index >= 15 is 0 Å². The minimum atomic E-state index is -2.76. The number of nitrogens with zero attached hydrogens (tertiary/aromatic N) is 2. The van der Waals surface area contributed by atoms with Crippen LogP contribution in [0.5, 0.6) is 0 Å². The molecule has 1 aromatic carbocycles. The molecule has 1 aromatic rings. The monoisotopic (exact) mass is 258 g/mol. The smallest absolute Gasteiger partial charge is 0.270 e. The van der Waals surface area contributed by atoms with Crippen LogP contribution >= 0.6 is 0 Å². The van der Waals surface area contributed by atoms with E-state index < -0.39 is 11.3 Å². The van der Waals surface area contributed by atoms with Gasteiger partial charge >= 0.3 is 0 Å². The van der Waals surface area contributed by atoms with Crippen LogP contribution in [-0.2, 0) is 0 Å². The van der Waals surface area contributed by atoms with Gasteiger partial charge in [-0.3, -0.25) is 10.1 Å². The van der Waals surface area contributed by atoms with Crippen LogP contribution in [-0.4, -0.2) is 29.7 Å². The Kier molecular flexibility index (Phi) is 3.42. The summed E-state index contributed by atoms with van der Waals surface area (Å²) < 4.78 is 25.7. The van der Waals surface area contributed by atoms with E-state index in [4.69, 9.17) is 5.11 Å². The molecule has 0 aliphatic carbocycles. The van der Waals surface area contributed by atoms with Crippen LogP contribution in [0.4, 0.5) is 20.2 Å². The molecule has 0 radical (unpaired) electrons. The highest BCUT2D eigenvalue weighted by Crippen LogP contribution is 2.36. The molecule has 2 rings (SSSR count). The first-order valence-electron chi connectivity index (χ1n) is 5.45. The van der Waals surface area contributed by atoms with Crippen LogP contribution in [0.1, 0.15) is 12.0 Å². The van der Waals surface area contributed by atoms with Crippen molar-refractivity contribution in [2.75, 3.05) is 24.6 Å². The van der Waals surface area contributed by atoms with Crippen molar-refractivity contribution in [2.45, 2.75) is 6.43 Å². The number of non-ortho nitro benzene ring substituents is 1. The number of aliphatic hydroxyl groups excluding tert-OH is 1. The van der Waals surface area contributed by atoms with E-state index in [9.17, 15) is 18.9 Å². The molecular formula is C11H12F2N2O3. The van der Waals surface area contributed by atoms with Crippen molar-refractivity contribution in [2.24, 2.45) is 5.92 Å². The van der Waals surface area contributed by atoms with Gasteiger partial charge in [0, 0.05) is 49.0 Å². The maximum absolute atomic E-state index is 12.9. The Morgan fingerprint density at radius 2 is 2.17 bits per heavy atom. The molecule has 5 nitrogen and oxygen atoms in total. The first kappa shape index (κ1) is 12.7. The third-order valence-electron chi connectivity index (χ3n) is 3.01. The summed E-state index contributed by atoms with van der Waals surface area (Å²) in [5.74, 6) is 0.0886. The maximum atomic E-state index is 12.9. The number of benzene rings is 1. The highest BCUT2D eigenvalue weighted by Gasteiger charge is 2.30. The predicted molar refractivity (Wildman–Crippen MR) is 60.8 cm³/mol. The summed E-state index contributed by atoms with van der Waals surface area (Å²) in [6, 6.07) is 3.47. The van der Waals surface area contributed by atoms with Gasteiger partial charge in [-0.05, 0) is 6.07 Å². The van der Waals surface area contributed by atoms with Crippen LogP contribution < -0.4 is 4.90 Å². The summed E-state index contributed by atoms with van der Waals surface area (Å²) >= 11 is 0. The highest BCUT2D eigenvalue weighted by atomic mass is 19.3. The molecule has 0 saturated carbocycles. The molecule has 1 N–H and O–H groups in total. The zero-order valence-electron chi connectivity index (χ0n) is 9.42. The molecule has 0 amide bonds. The highest BCUT2D eigenvalue weighted by molar-refractivity contribution is 5.60. The number of hydrogen-bond acceptors (Lipinski definition) is 4. The number of halogens is 2. The van der Waals surface area contributed by atoms with Crippen molar-refractivity contribution in [1.82, 2.24) is 0 Å². The molecule has 0 atom stereocenters. The molecular weight excluding hydrogens is 246 g/mol. The SMILES string of the molecule is O=[N+]([O-])c1ccc(N2CC(CO)C2)c(C(F)F)c1. The van der Waals surface area contributed by atoms with Crippen LogP contribution in [0.15, 0.2) is 18.2 Å². The average Bonchev–Trinajstić information content (AvgIpc) is 2.27. The number of rotatable bonds is 4. The number of nitro groups is 1. The van der Waals surface area contributed by atoms with Crippen LogP contribution in [0.2, 0.25) is 0 Å². The second-order valence-corrected chi connectivity index (χ2v) is 4.25. The van der Waals surface area contributed by atoms with Gasteiger partial charge in [0.15, 0.2) is 0 Å². The van der Waals surface area contributed by atoms with Gasteiger partial charge in [0.2, 0.25) is 0 Å². The fourth-order valence-corrected chi connectivity index (χ4v) is 2.00. The van der Waals surface area contributed by atoms with Crippen LogP contribution in [0.25, 0.3) is 0 Å². The van der Waals surface area contributed by atoms with Crippen molar-refractivity contribution >= 4 is 11.4 Å². The van der Waals surface area contributed by atoms with E-state index in [0.29, 0.717) is 18.8 Å². The molecule has 1 heterocycles. The van der Waals surface area contributed by atoms with Gasteiger partial charge in [-0.15, -0.1) is 0 Å². The second kappa shape index (κ2) is 4.85. The van der Waals surface area contributed by atoms with E-state index in [0.717, 1.165) is 6.07 Å². The Balaban J connectivity index is 2.27. The van der Waals surface area contributed by atoms with Gasteiger partial charge in [-0.1, -0.05) is 0 Å². The lowest BCUT2D eigenvalue weighted by Crippen LogP contribution is -2.48. The van der Waals surface area contributed by atoms with Gasteiger partial charge < -0.3 is 10.0 Å². The lowest BCUT2D eigenvalue weighted by atomic mass is 9.98. The van der Waals surface area contributed by atoms with Gasteiger partial charge in [0.25, 0.3) is 12.1 Å². The Hall–Kier alpha value is -1.76. The molecule has 0 aromatic heterocycles. The van der Waals surface area contributed by atoms with Gasteiger partial charge in [0.05, 0.1) is 4.92 Å². The van der Waals surface area contributed by atoms with Gasteiger partial charge in [-0.2, -0.15) is 0 Å². The van der Waals surface area contributed by atoms with Crippen molar-refractivity contribution in [3.8, 4) is 0 Å². The number of hydrogen-bond donors (Lipinski definition) is 1. The first-order valence-corrected chi connectivity index (χ1v) is 5.45. The van der Waals surface area contributed by atoms with E-state index in [1.165, 1.54) is 12.1 Å². The van der Waals surface area contributed by atoms with E-state index in [1.807, 2.05) is 0 Å². The number of anilines is 1. The minimum absolute atomic E-state index is 0.0213. The topological polar surface area (TPSA) is 66.6 Å². The Bertz CT molecular complexity index is 462. The molecule has 0 bridgehead atoms. The second-order valence-electron chi connectivity index (χ2n) is 4.25. The molecule has 1 aliphatic rings. The lowest BCUT2D eigenvalue weighted by molar-refractivity contribution is -0.385. The fourth-order valence-electron chi connectivity index (χ4n) is 2.00.